The molecular weight excluding hydrogens is 292 g/mol. The Hall–Kier alpha value is -1.40. The average molecular weight is 320 g/mol. The lowest BCUT2D eigenvalue weighted by Crippen LogP contribution is -2.33. The maximum absolute atomic E-state index is 12.3. The molecule has 0 radical (unpaired) electrons. The first-order chi connectivity index (χ1) is 11.2. The molecular formula is C17H28N4O2. The van der Waals surface area contributed by atoms with Crippen LogP contribution >= 0.6 is 0 Å². The molecule has 0 spiro atoms. The molecule has 0 aromatic carbocycles. The highest BCUT2D eigenvalue weighted by atomic mass is 16.5. The van der Waals surface area contributed by atoms with Crippen LogP contribution in [0.3, 0.4) is 0 Å². The van der Waals surface area contributed by atoms with E-state index in [9.17, 15) is 4.79 Å². The molecule has 1 saturated heterocycles. The summed E-state index contributed by atoms with van der Waals surface area (Å²) >= 11 is 0. The van der Waals surface area contributed by atoms with E-state index in [4.69, 9.17) is 4.74 Å². The topological polar surface area (TPSA) is 68.2 Å². The number of aromatic nitrogens is 2. The van der Waals surface area contributed by atoms with E-state index in [1.807, 2.05) is 23.9 Å². The zero-order valence-electron chi connectivity index (χ0n) is 14.0. The standard InChI is InChI=1S/C17H28N4O2/c1-2-23-11-8-17(6-7-17)13-19-16(22)15-5-10-21(20-15)14-4-3-9-18-12-14/h5,10,14,18H,2-4,6-9,11-13H2,1H3,(H,19,22). The van der Waals surface area contributed by atoms with Gasteiger partial charge in [-0.1, -0.05) is 0 Å². The van der Waals surface area contributed by atoms with Gasteiger partial charge in [-0.3, -0.25) is 9.48 Å². The number of amides is 1. The third kappa shape index (κ3) is 4.32. The molecule has 1 aromatic rings. The summed E-state index contributed by atoms with van der Waals surface area (Å²) < 4.78 is 7.37. The predicted octanol–water partition coefficient (Wildman–Crippen LogP) is 1.74. The second-order valence-corrected chi connectivity index (χ2v) is 6.81. The smallest absolute Gasteiger partial charge is 0.271 e. The summed E-state index contributed by atoms with van der Waals surface area (Å²) in [5.41, 5.74) is 0.789. The lowest BCUT2D eigenvalue weighted by molar-refractivity contribution is 0.0924. The van der Waals surface area contributed by atoms with Gasteiger partial charge >= 0.3 is 0 Å². The fraction of sp³-hybridized carbons (Fsp3) is 0.765. The molecule has 2 N–H and O–H groups in total. The van der Waals surface area contributed by atoms with Gasteiger partial charge in [0.05, 0.1) is 6.04 Å². The predicted molar refractivity (Wildman–Crippen MR) is 88.5 cm³/mol. The molecule has 23 heavy (non-hydrogen) atoms. The molecule has 1 aliphatic carbocycles. The van der Waals surface area contributed by atoms with Gasteiger partial charge in [-0.25, -0.2) is 0 Å². The second-order valence-electron chi connectivity index (χ2n) is 6.81. The molecule has 6 nitrogen and oxygen atoms in total. The van der Waals surface area contributed by atoms with Crippen molar-refractivity contribution in [1.82, 2.24) is 20.4 Å². The van der Waals surface area contributed by atoms with Crippen molar-refractivity contribution in [3.8, 4) is 0 Å². The maximum atomic E-state index is 12.3. The molecule has 3 rings (SSSR count). The van der Waals surface area contributed by atoms with Crippen LogP contribution in [0.5, 0.6) is 0 Å². The Morgan fingerprint density at radius 3 is 3.13 bits per heavy atom. The van der Waals surface area contributed by atoms with E-state index in [0.717, 1.165) is 52.1 Å². The van der Waals surface area contributed by atoms with E-state index in [1.54, 1.807) is 0 Å². The van der Waals surface area contributed by atoms with E-state index in [0.29, 0.717) is 11.7 Å². The van der Waals surface area contributed by atoms with E-state index >= 15 is 0 Å². The van der Waals surface area contributed by atoms with Crippen LogP contribution in [-0.2, 0) is 4.74 Å². The molecule has 1 amide bonds. The van der Waals surface area contributed by atoms with Gasteiger partial charge in [0.15, 0.2) is 0 Å². The Morgan fingerprint density at radius 1 is 1.57 bits per heavy atom. The van der Waals surface area contributed by atoms with Crippen molar-refractivity contribution in [2.45, 2.75) is 45.1 Å². The first-order valence-corrected chi connectivity index (χ1v) is 8.84. The fourth-order valence-corrected chi connectivity index (χ4v) is 3.21. The molecule has 1 atom stereocenters. The molecule has 2 aliphatic rings. The summed E-state index contributed by atoms with van der Waals surface area (Å²) in [5, 5.41) is 10.9. The third-order valence-electron chi connectivity index (χ3n) is 5.05. The van der Waals surface area contributed by atoms with Crippen molar-refractivity contribution in [3.63, 3.8) is 0 Å². The highest BCUT2D eigenvalue weighted by Gasteiger charge is 2.42. The van der Waals surface area contributed by atoms with E-state index in [2.05, 4.69) is 15.7 Å². The number of piperidine rings is 1. The van der Waals surface area contributed by atoms with Crippen LogP contribution in [0.25, 0.3) is 0 Å². The SMILES string of the molecule is CCOCCC1(CNC(=O)c2ccn(C3CCCNC3)n2)CC1. The maximum Gasteiger partial charge on any atom is 0.271 e. The monoisotopic (exact) mass is 320 g/mol. The van der Waals surface area contributed by atoms with Crippen LogP contribution in [0.2, 0.25) is 0 Å². The minimum absolute atomic E-state index is 0.0600. The third-order valence-corrected chi connectivity index (χ3v) is 5.05. The summed E-state index contributed by atoms with van der Waals surface area (Å²) in [4.78, 5) is 12.3. The highest BCUT2D eigenvalue weighted by molar-refractivity contribution is 5.92. The van der Waals surface area contributed by atoms with E-state index in [-0.39, 0.29) is 11.3 Å². The Kier molecular flexibility index (Phi) is 5.33. The minimum atomic E-state index is -0.0600. The number of hydrogen-bond acceptors (Lipinski definition) is 4. The Bertz CT molecular complexity index is 518. The van der Waals surface area contributed by atoms with Crippen LogP contribution in [0.15, 0.2) is 12.3 Å². The van der Waals surface area contributed by atoms with Crippen molar-refractivity contribution in [1.29, 1.82) is 0 Å². The normalized spacial score (nSPS) is 22.7. The van der Waals surface area contributed by atoms with Crippen molar-refractivity contribution >= 4 is 5.91 Å². The number of nitrogens with one attached hydrogen (secondary N) is 2. The molecule has 0 bridgehead atoms. The lowest BCUT2D eigenvalue weighted by atomic mass is 10.0. The van der Waals surface area contributed by atoms with Crippen molar-refractivity contribution in [2.24, 2.45) is 5.41 Å². The number of carbonyl (C=O) groups excluding carboxylic acids is 1. The molecule has 128 valence electrons. The zero-order valence-corrected chi connectivity index (χ0v) is 14.0. The number of carbonyl (C=O) groups is 1. The van der Waals surface area contributed by atoms with E-state index in [1.165, 1.54) is 12.8 Å². The number of rotatable bonds is 8. The van der Waals surface area contributed by atoms with Gasteiger partial charge in [-0.05, 0) is 57.1 Å². The van der Waals surface area contributed by atoms with Gasteiger partial charge in [-0.2, -0.15) is 5.10 Å². The number of hydrogen-bond donors (Lipinski definition) is 2. The van der Waals surface area contributed by atoms with Gasteiger partial charge in [0, 0.05) is 32.5 Å². The summed E-state index contributed by atoms with van der Waals surface area (Å²) in [5.74, 6) is -0.0600. The first-order valence-electron chi connectivity index (χ1n) is 8.84. The summed E-state index contributed by atoms with van der Waals surface area (Å²) in [7, 11) is 0. The van der Waals surface area contributed by atoms with Crippen LogP contribution in [0, 0.1) is 5.41 Å². The zero-order chi connectivity index (χ0) is 16.1. The molecule has 1 saturated carbocycles. The largest absolute Gasteiger partial charge is 0.382 e. The lowest BCUT2D eigenvalue weighted by Gasteiger charge is -2.22. The molecule has 1 unspecified atom stereocenters. The van der Waals surface area contributed by atoms with Crippen molar-refractivity contribution in [3.05, 3.63) is 18.0 Å². The minimum Gasteiger partial charge on any atom is -0.382 e. The Balaban J connectivity index is 1.48. The molecule has 2 fully saturated rings. The second kappa shape index (κ2) is 7.45. The van der Waals surface area contributed by atoms with Crippen LogP contribution < -0.4 is 10.6 Å². The van der Waals surface area contributed by atoms with Gasteiger partial charge in [0.2, 0.25) is 0 Å². The van der Waals surface area contributed by atoms with Crippen molar-refractivity contribution < 1.29 is 9.53 Å². The summed E-state index contributed by atoms with van der Waals surface area (Å²) in [6.45, 7) is 6.31. The van der Waals surface area contributed by atoms with Gasteiger partial charge < -0.3 is 15.4 Å². The van der Waals surface area contributed by atoms with Crippen LogP contribution in [-0.4, -0.2) is 48.5 Å². The number of ether oxygens (including phenoxy) is 1. The molecule has 2 heterocycles. The quantitative estimate of drug-likeness (QED) is 0.716. The number of nitrogens with zero attached hydrogens (tertiary/aromatic N) is 2. The average Bonchev–Trinajstić information content (AvgIpc) is 3.18. The van der Waals surface area contributed by atoms with E-state index < -0.39 is 0 Å². The highest BCUT2D eigenvalue weighted by Crippen LogP contribution is 2.48. The fourth-order valence-electron chi connectivity index (χ4n) is 3.21. The van der Waals surface area contributed by atoms with Crippen LogP contribution in [0.1, 0.15) is 55.6 Å². The van der Waals surface area contributed by atoms with Gasteiger partial charge in [0.1, 0.15) is 5.69 Å². The Morgan fingerprint density at radius 2 is 2.43 bits per heavy atom. The first kappa shape index (κ1) is 16.5. The molecule has 1 aromatic heterocycles. The Labute approximate surface area is 138 Å². The van der Waals surface area contributed by atoms with Gasteiger partial charge in [-0.15, -0.1) is 0 Å². The summed E-state index contributed by atoms with van der Waals surface area (Å²) in [6.07, 6.45) is 7.60. The van der Waals surface area contributed by atoms with Crippen molar-refractivity contribution in [2.75, 3.05) is 32.8 Å². The molecule has 1 aliphatic heterocycles. The van der Waals surface area contributed by atoms with Gasteiger partial charge in [0.25, 0.3) is 5.91 Å². The summed E-state index contributed by atoms with van der Waals surface area (Å²) in [6, 6.07) is 2.19. The molecule has 6 heteroatoms. The van der Waals surface area contributed by atoms with Crippen LogP contribution in [0.4, 0.5) is 0 Å².